The zero-order valence-corrected chi connectivity index (χ0v) is 12.4. The minimum absolute atomic E-state index is 0.127. The van der Waals surface area contributed by atoms with Crippen molar-refractivity contribution in [3.05, 3.63) is 35.4 Å². The number of nitrogens with zero attached hydrogens (tertiary/aromatic N) is 1. The third-order valence-corrected chi connectivity index (χ3v) is 6.08. The molecule has 3 fully saturated rings. The molecule has 1 saturated heterocycles. The Kier molecular flexibility index (Phi) is 2.27. The molecule has 5 aliphatic rings. The number of imide groups is 1. The minimum Gasteiger partial charge on any atom is -0.506 e. The van der Waals surface area contributed by atoms with Gasteiger partial charge in [-0.15, -0.1) is 0 Å². The van der Waals surface area contributed by atoms with E-state index in [9.17, 15) is 14.7 Å². The van der Waals surface area contributed by atoms with E-state index in [1.54, 1.807) is 12.1 Å². The molecule has 0 unspecified atom stereocenters. The van der Waals surface area contributed by atoms with Crippen LogP contribution in [0.4, 0.5) is 5.69 Å². The predicted octanol–water partition coefficient (Wildman–Crippen LogP) is 2.60. The molecule has 22 heavy (non-hydrogen) atoms. The van der Waals surface area contributed by atoms with E-state index in [1.165, 1.54) is 11.0 Å². The van der Waals surface area contributed by atoms with Crippen LogP contribution in [0.5, 0.6) is 5.75 Å². The van der Waals surface area contributed by atoms with Crippen LogP contribution < -0.4 is 4.90 Å². The van der Waals surface area contributed by atoms with Crippen molar-refractivity contribution >= 4 is 29.1 Å². The Bertz CT molecular complexity index is 722. The quantitative estimate of drug-likeness (QED) is 0.640. The first-order valence-electron chi connectivity index (χ1n) is 7.62. The Hall–Kier alpha value is -1.81. The third-order valence-electron chi connectivity index (χ3n) is 5.84. The second-order valence-corrected chi connectivity index (χ2v) is 7.24. The summed E-state index contributed by atoms with van der Waals surface area (Å²) in [5.74, 6) is 0.570. The number of carbonyl (C=O) groups is 2. The molecule has 2 saturated carbocycles. The van der Waals surface area contributed by atoms with Gasteiger partial charge >= 0.3 is 0 Å². The molecule has 6 atom stereocenters. The fourth-order valence-electron chi connectivity index (χ4n) is 4.88. The van der Waals surface area contributed by atoms with Crippen LogP contribution in [0.2, 0.25) is 5.02 Å². The molecule has 6 rings (SSSR count). The number of benzene rings is 1. The number of anilines is 1. The van der Waals surface area contributed by atoms with Crippen molar-refractivity contribution in [3.8, 4) is 5.75 Å². The largest absolute Gasteiger partial charge is 0.506 e. The molecule has 0 aromatic heterocycles. The van der Waals surface area contributed by atoms with Crippen molar-refractivity contribution in [1.29, 1.82) is 0 Å². The Labute approximate surface area is 132 Å². The van der Waals surface area contributed by atoms with Gasteiger partial charge in [-0.3, -0.25) is 9.59 Å². The van der Waals surface area contributed by atoms with Gasteiger partial charge in [-0.25, -0.2) is 4.90 Å². The van der Waals surface area contributed by atoms with Gasteiger partial charge in [-0.05, 0) is 42.2 Å². The second kappa shape index (κ2) is 3.93. The van der Waals surface area contributed by atoms with Crippen LogP contribution in [-0.2, 0) is 9.59 Å². The van der Waals surface area contributed by atoms with E-state index in [0.717, 1.165) is 6.42 Å². The van der Waals surface area contributed by atoms with Crippen molar-refractivity contribution in [2.75, 3.05) is 4.90 Å². The van der Waals surface area contributed by atoms with E-state index in [2.05, 4.69) is 12.2 Å². The number of allylic oxidation sites excluding steroid dienone is 2. The first-order chi connectivity index (χ1) is 10.6. The van der Waals surface area contributed by atoms with Gasteiger partial charge in [0.05, 0.1) is 17.5 Å². The highest BCUT2D eigenvalue weighted by Crippen LogP contribution is 2.65. The number of hydrogen-bond acceptors (Lipinski definition) is 3. The molecule has 5 heteroatoms. The van der Waals surface area contributed by atoms with Gasteiger partial charge in [-0.2, -0.15) is 0 Å². The maximum absolute atomic E-state index is 12.9. The Morgan fingerprint density at radius 1 is 1.05 bits per heavy atom. The highest BCUT2D eigenvalue weighted by Gasteiger charge is 2.67. The smallest absolute Gasteiger partial charge is 0.238 e. The van der Waals surface area contributed by atoms with E-state index < -0.39 is 0 Å². The Balaban J connectivity index is 1.60. The minimum atomic E-state index is -0.249. The van der Waals surface area contributed by atoms with E-state index >= 15 is 0 Å². The lowest BCUT2D eigenvalue weighted by Gasteiger charge is -2.37. The molecule has 2 bridgehead atoms. The van der Waals surface area contributed by atoms with Gasteiger partial charge in [0.25, 0.3) is 0 Å². The summed E-state index contributed by atoms with van der Waals surface area (Å²) in [7, 11) is 0. The number of carbonyl (C=O) groups excluding carboxylic acids is 2. The fourth-order valence-corrected chi connectivity index (χ4v) is 5.05. The molecule has 2 amide bonds. The van der Waals surface area contributed by atoms with E-state index in [4.69, 9.17) is 11.6 Å². The average molecular weight is 316 g/mol. The Morgan fingerprint density at radius 3 is 2.18 bits per heavy atom. The van der Waals surface area contributed by atoms with Crippen molar-refractivity contribution in [3.63, 3.8) is 0 Å². The molecule has 1 aliphatic heterocycles. The van der Waals surface area contributed by atoms with Crippen LogP contribution in [-0.4, -0.2) is 16.9 Å². The van der Waals surface area contributed by atoms with E-state index in [1.807, 2.05) is 0 Å². The lowest BCUT2D eigenvalue weighted by atomic mass is 9.63. The second-order valence-electron chi connectivity index (χ2n) is 6.80. The maximum atomic E-state index is 12.9. The number of phenols is 1. The summed E-state index contributed by atoms with van der Waals surface area (Å²) in [6.07, 6.45) is 5.41. The topological polar surface area (TPSA) is 57.6 Å². The van der Waals surface area contributed by atoms with Gasteiger partial charge < -0.3 is 5.11 Å². The average Bonchev–Trinajstić information content (AvgIpc) is 3.26. The predicted molar refractivity (Wildman–Crippen MR) is 80.3 cm³/mol. The summed E-state index contributed by atoms with van der Waals surface area (Å²) in [4.78, 5) is 26.9. The molecule has 0 spiro atoms. The standard InChI is InChI=1S/C17H14ClNO3/c18-7-1-4-12(13(20)5-7)19-16(21)14-8-2-3-9(11-6-10(8)11)15(14)17(19)22/h1-5,8-11,14-15,20H,6H2/t8-,9-,10-,11-,14-,15+/m0/s1. The molecular formula is C17H14ClNO3. The molecule has 1 heterocycles. The number of rotatable bonds is 1. The van der Waals surface area contributed by atoms with E-state index in [0.29, 0.717) is 16.9 Å². The van der Waals surface area contributed by atoms with Crippen LogP contribution in [0.15, 0.2) is 30.4 Å². The number of aromatic hydroxyl groups is 1. The summed E-state index contributed by atoms with van der Waals surface area (Å²) in [6, 6.07) is 4.49. The van der Waals surface area contributed by atoms with Crippen molar-refractivity contribution in [2.45, 2.75) is 6.42 Å². The molecule has 0 radical (unpaired) electrons. The summed E-state index contributed by atoms with van der Waals surface area (Å²) in [6.45, 7) is 0. The van der Waals surface area contributed by atoms with Crippen molar-refractivity contribution < 1.29 is 14.7 Å². The van der Waals surface area contributed by atoms with Crippen LogP contribution in [0.25, 0.3) is 0 Å². The normalized spacial score (nSPS) is 40.9. The number of amides is 2. The number of halogens is 1. The fraction of sp³-hybridized carbons (Fsp3) is 0.412. The molecule has 1 N–H and O–H groups in total. The lowest BCUT2D eigenvalue weighted by molar-refractivity contribution is -0.124. The maximum Gasteiger partial charge on any atom is 0.238 e. The summed E-state index contributed by atoms with van der Waals surface area (Å²) in [5.41, 5.74) is 0.252. The summed E-state index contributed by atoms with van der Waals surface area (Å²) >= 11 is 5.84. The first-order valence-corrected chi connectivity index (χ1v) is 8.00. The molecule has 1 aromatic carbocycles. The van der Waals surface area contributed by atoms with Gasteiger partial charge in [0.2, 0.25) is 11.8 Å². The van der Waals surface area contributed by atoms with Gasteiger partial charge in [-0.1, -0.05) is 23.8 Å². The SMILES string of the molecule is O=C1[C@@H]2[C@H]3C=C[C@@H]([C@@H]4C[C@@H]34)[C@@H]2C(=O)N1c1ccc(Cl)cc1O. The molecule has 1 aromatic rings. The molecule has 4 aliphatic carbocycles. The lowest BCUT2D eigenvalue weighted by Crippen LogP contribution is -2.40. The van der Waals surface area contributed by atoms with Crippen LogP contribution >= 0.6 is 11.6 Å². The van der Waals surface area contributed by atoms with Crippen molar-refractivity contribution in [2.24, 2.45) is 35.5 Å². The molecule has 4 nitrogen and oxygen atoms in total. The molecule has 112 valence electrons. The van der Waals surface area contributed by atoms with Gasteiger partial charge in [0.15, 0.2) is 0 Å². The zero-order valence-electron chi connectivity index (χ0n) is 11.6. The summed E-state index contributed by atoms with van der Waals surface area (Å²) < 4.78 is 0. The number of hydrogen-bond donors (Lipinski definition) is 1. The van der Waals surface area contributed by atoms with Crippen LogP contribution in [0.1, 0.15) is 6.42 Å². The van der Waals surface area contributed by atoms with Gasteiger partial charge in [0.1, 0.15) is 5.75 Å². The van der Waals surface area contributed by atoms with Crippen LogP contribution in [0.3, 0.4) is 0 Å². The Morgan fingerprint density at radius 2 is 1.64 bits per heavy atom. The summed E-state index contributed by atoms with van der Waals surface area (Å²) in [5, 5.41) is 10.5. The third kappa shape index (κ3) is 1.39. The highest BCUT2D eigenvalue weighted by molar-refractivity contribution is 6.31. The first kappa shape index (κ1) is 12.7. The monoisotopic (exact) mass is 315 g/mol. The molecular weight excluding hydrogens is 302 g/mol. The number of phenolic OH excluding ortho intramolecular Hbond substituents is 1. The highest BCUT2D eigenvalue weighted by atomic mass is 35.5. The van der Waals surface area contributed by atoms with Crippen molar-refractivity contribution in [1.82, 2.24) is 0 Å². The van der Waals surface area contributed by atoms with Crippen LogP contribution in [0, 0.1) is 35.5 Å². The van der Waals surface area contributed by atoms with Gasteiger partial charge in [0, 0.05) is 11.1 Å². The van der Waals surface area contributed by atoms with E-state index in [-0.39, 0.29) is 46.9 Å². The zero-order chi connectivity index (χ0) is 15.2.